The molecule has 2 aliphatic rings. The Hall–Kier alpha value is -2.17. The third-order valence-corrected chi connectivity index (χ3v) is 4.88. The number of rotatable bonds is 4. The Bertz CT molecular complexity index is 637. The van der Waals surface area contributed by atoms with Crippen molar-refractivity contribution in [2.45, 2.75) is 19.4 Å². The molecule has 0 spiro atoms. The van der Waals surface area contributed by atoms with Gasteiger partial charge in [0.15, 0.2) is 0 Å². The first kappa shape index (κ1) is 17.6. The highest BCUT2D eigenvalue weighted by Gasteiger charge is 2.26. The maximum atomic E-state index is 12.5. The topological polar surface area (TPSA) is 72.7 Å². The zero-order valence-corrected chi connectivity index (χ0v) is 14.7. The summed E-state index contributed by atoms with van der Waals surface area (Å²) in [4.78, 5) is 23.2. The predicted octanol–water partition coefficient (Wildman–Crippen LogP) is 0.713. The van der Waals surface area contributed by atoms with Gasteiger partial charge in [0.2, 0.25) is 5.91 Å². The van der Waals surface area contributed by atoms with Gasteiger partial charge in [-0.05, 0) is 18.6 Å². The van der Waals surface area contributed by atoms with Crippen LogP contribution in [0.4, 0.5) is 5.82 Å². The minimum Gasteiger partial charge on any atom is -0.375 e. The van der Waals surface area contributed by atoms with Crippen molar-refractivity contribution >= 4 is 11.7 Å². The zero-order chi connectivity index (χ0) is 17.6. The summed E-state index contributed by atoms with van der Waals surface area (Å²) < 4.78 is 5.64. The Kier molecular flexibility index (Phi) is 5.84. The van der Waals surface area contributed by atoms with Crippen molar-refractivity contribution in [2.75, 3.05) is 57.3 Å². The number of carbonyl (C=O) groups excluding carboxylic acids is 1. The molecule has 0 radical (unpaired) electrons. The number of pyridine rings is 1. The molecule has 7 heteroatoms. The molecule has 2 saturated heterocycles. The number of anilines is 1. The first-order chi connectivity index (χ1) is 12.2. The van der Waals surface area contributed by atoms with Gasteiger partial charge in [-0.3, -0.25) is 9.69 Å². The average Bonchev–Trinajstić information content (AvgIpc) is 2.68. The molecule has 0 unspecified atom stereocenters. The van der Waals surface area contributed by atoms with Gasteiger partial charge in [0.25, 0.3) is 0 Å². The standard InChI is InChI=1S/C18H25N5O2/c1-2-16-13-23(9-10-25-16)18(24)14-21-5-7-22(8-6-21)17-11-15(12-19)3-4-20-17/h3-4,11,16H,2,5-10,13-14H2,1H3/t16-/m0/s1. The molecule has 0 aliphatic carbocycles. The molecule has 0 saturated carbocycles. The molecule has 0 N–H and O–H groups in total. The van der Waals surface area contributed by atoms with Gasteiger partial charge in [0.05, 0.1) is 30.9 Å². The molecule has 0 aromatic carbocycles. The van der Waals surface area contributed by atoms with Gasteiger partial charge in [-0.2, -0.15) is 5.26 Å². The lowest BCUT2D eigenvalue weighted by Gasteiger charge is -2.37. The van der Waals surface area contributed by atoms with Crippen molar-refractivity contribution in [3.63, 3.8) is 0 Å². The maximum Gasteiger partial charge on any atom is 0.236 e. The van der Waals surface area contributed by atoms with Crippen LogP contribution >= 0.6 is 0 Å². The molecule has 1 aromatic heterocycles. The molecule has 0 bridgehead atoms. The lowest BCUT2D eigenvalue weighted by atomic mass is 10.2. The summed E-state index contributed by atoms with van der Waals surface area (Å²) in [6, 6.07) is 5.68. The van der Waals surface area contributed by atoms with E-state index in [1.165, 1.54) is 0 Å². The Morgan fingerprint density at radius 1 is 1.36 bits per heavy atom. The highest BCUT2D eigenvalue weighted by molar-refractivity contribution is 5.78. The van der Waals surface area contributed by atoms with E-state index in [0.29, 0.717) is 31.8 Å². The van der Waals surface area contributed by atoms with Gasteiger partial charge >= 0.3 is 0 Å². The Morgan fingerprint density at radius 3 is 2.88 bits per heavy atom. The van der Waals surface area contributed by atoms with Crippen LogP contribution in [-0.4, -0.2) is 79.2 Å². The molecule has 134 valence electrons. The van der Waals surface area contributed by atoms with Crippen LogP contribution in [0, 0.1) is 11.3 Å². The van der Waals surface area contributed by atoms with E-state index in [1.54, 1.807) is 12.3 Å². The summed E-state index contributed by atoms with van der Waals surface area (Å²) in [5.41, 5.74) is 0.625. The second-order valence-electron chi connectivity index (χ2n) is 6.52. The van der Waals surface area contributed by atoms with Crippen LogP contribution in [0.1, 0.15) is 18.9 Å². The van der Waals surface area contributed by atoms with Crippen LogP contribution in [0.2, 0.25) is 0 Å². The van der Waals surface area contributed by atoms with Gasteiger partial charge in [0.1, 0.15) is 5.82 Å². The van der Waals surface area contributed by atoms with E-state index >= 15 is 0 Å². The minimum atomic E-state index is 0.174. The second-order valence-corrected chi connectivity index (χ2v) is 6.52. The molecule has 2 fully saturated rings. The summed E-state index contributed by atoms with van der Waals surface area (Å²) in [6.45, 7) is 7.88. The van der Waals surface area contributed by atoms with Gasteiger partial charge in [-0.1, -0.05) is 6.92 Å². The quantitative estimate of drug-likeness (QED) is 0.802. The van der Waals surface area contributed by atoms with Crippen molar-refractivity contribution in [1.82, 2.24) is 14.8 Å². The van der Waals surface area contributed by atoms with Gasteiger partial charge in [0, 0.05) is 45.5 Å². The van der Waals surface area contributed by atoms with Crippen LogP contribution in [0.3, 0.4) is 0 Å². The highest BCUT2D eigenvalue weighted by atomic mass is 16.5. The largest absolute Gasteiger partial charge is 0.375 e. The number of nitriles is 1. The molecule has 3 heterocycles. The van der Waals surface area contributed by atoms with E-state index in [9.17, 15) is 4.79 Å². The van der Waals surface area contributed by atoms with E-state index in [1.807, 2.05) is 11.0 Å². The van der Waals surface area contributed by atoms with Crippen molar-refractivity contribution < 1.29 is 9.53 Å². The first-order valence-electron chi connectivity index (χ1n) is 8.92. The molecule has 3 rings (SSSR count). The van der Waals surface area contributed by atoms with Crippen LogP contribution in [0.25, 0.3) is 0 Å². The van der Waals surface area contributed by atoms with Gasteiger partial charge in [-0.25, -0.2) is 4.98 Å². The number of morpholine rings is 1. The molecule has 2 aliphatic heterocycles. The maximum absolute atomic E-state index is 12.5. The fraction of sp³-hybridized carbons (Fsp3) is 0.611. The summed E-state index contributed by atoms with van der Waals surface area (Å²) in [5.74, 6) is 1.03. The Labute approximate surface area is 148 Å². The van der Waals surface area contributed by atoms with Crippen LogP contribution in [-0.2, 0) is 9.53 Å². The number of amides is 1. The van der Waals surface area contributed by atoms with E-state index < -0.39 is 0 Å². The number of hydrogen-bond acceptors (Lipinski definition) is 6. The lowest BCUT2D eigenvalue weighted by molar-refractivity contribution is -0.140. The molecule has 25 heavy (non-hydrogen) atoms. The molecular formula is C18H25N5O2. The van der Waals surface area contributed by atoms with Gasteiger partial charge < -0.3 is 14.5 Å². The highest BCUT2D eigenvalue weighted by Crippen LogP contribution is 2.15. The predicted molar refractivity (Wildman–Crippen MR) is 94.2 cm³/mol. The average molecular weight is 343 g/mol. The monoisotopic (exact) mass is 343 g/mol. The van der Waals surface area contributed by atoms with Crippen molar-refractivity contribution in [3.05, 3.63) is 23.9 Å². The molecule has 1 amide bonds. The van der Waals surface area contributed by atoms with Crippen molar-refractivity contribution in [3.8, 4) is 6.07 Å². The molecular weight excluding hydrogens is 318 g/mol. The number of carbonyl (C=O) groups is 1. The number of hydrogen-bond donors (Lipinski definition) is 0. The summed E-state index contributed by atoms with van der Waals surface area (Å²) in [7, 11) is 0. The van der Waals surface area contributed by atoms with Crippen molar-refractivity contribution in [1.29, 1.82) is 5.26 Å². The fourth-order valence-corrected chi connectivity index (χ4v) is 3.28. The van der Waals surface area contributed by atoms with E-state index in [4.69, 9.17) is 10.00 Å². The summed E-state index contributed by atoms with van der Waals surface area (Å²) in [6.07, 6.45) is 2.79. The second kappa shape index (κ2) is 8.28. The SMILES string of the molecule is CC[C@H]1CN(C(=O)CN2CCN(c3cc(C#N)ccn3)CC2)CCO1. The molecule has 1 atom stereocenters. The zero-order valence-electron chi connectivity index (χ0n) is 14.7. The van der Waals surface area contributed by atoms with Crippen LogP contribution in [0.5, 0.6) is 0 Å². The number of aromatic nitrogens is 1. The summed E-state index contributed by atoms with van der Waals surface area (Å²) in [5, 5.41) is 9.01. The minimum absolute atomic E-state index is 0.174. The number of ether oxygens (including phenoxy) is 1. The third kappa shape index (κ3) is 4.47. The number of nitrogens with zero attached hydrogens (tertiary/aromatic N) is 5. The lowest BCUT2D eigenvalue weighted by Crippen LogP contribution is -2.52. The van der Waals surface area contributed by atoms with Crippen LogP contribution < -0.4 is 4.90 Å². The summed E-state index contributed by atoms with van der Waals surface area (Å²) >= 11 is 0. The van der Waals surface area contributed by atoms with Gasteiger partial charge in [-0.15, -0.1) is 0 Å². The van der Waals surface area contributed by atoms with Crippen LogP contribution in [0.15, 0.2) is 18.3 Å². The number of piperazine rings is 1. The van der Waals surface area contributed by atoms with E-state index in [2.05, 4.69) is 27.8 Å². The fourth-order valence-electron chi connectivity index (χ4n) is 3.28. The Balaban J connectivity index is 1.49. The van der Waals surface area contributed by atoms with E-state index in [0.717, 1.165) is 38.4 Å². The van der Waals surface area contributed by atoms with Crippen molar-refractivity contribution in [2.24, 2.45) is 0 Å². The normalized spacial score (nSPS) is 21.8. The third-order valence-electron chi connectivity index (χ3n) is 4.88. The smallest absolute Gasteiger partial charge is 0.236 e. The van der Waals surface area contributed by atoms with E-state index in [-0.39, 0.29) is 12.0 Å². The Morgan fingerprint density at radius 2 is 2.16 bits per heavy atom. The molecule has 1 aromatic rings. The first-order valence-corrected chi connectivity index (χ1v) is 8.92. The molecule has 7 nitrogen and oxygen atoms in total.